The van der Waals surface area contributed by atoms with Crippen LogP contribution in [0.5, 0.6) is 0 Å². The first-order valence-electron chi connectivity index (χ1n) is 6.92. The minimum Gasteiger partial charge on any atom is -0.481 e. The number of aryl methyl sites for hydroxylation is 1. The minimum absolute atomic E-state index is 0.0682. The number of aliphatic carboxylic acids is 1. The maximum atomic E-state index is 11.3. The third-order valence-electron chi connectivity index (χ3n) is 4.05. The van der Waals surface area contributed by atoms with Crippen molar-refractivity contribution < 1.29 is 9.90 Å². The zero-order chi connectivity index (χ0) is 14.1. The van der Waals surface area contributed by atoms with Gasteiger partial charge in [-0.3, -0.25) is 4.79 Å². The molecular formula is C14H18N4O2. The molecule has 2 aromatic heterocycles. The topological polar surface area (TPSA) is 80.0 Å². The number of nitrogens with one attached hydrogen (secondary N) is 1. The molecule has 2 atom stereocenters. The van der Waals surface area contributed by atoms with Gasteiger partial charge in [-0.15, -0.1) is 0 Å². The summed E-state index contributed by atoms with van der Waals surface area (Å²) in [4.78, 5) is 20.0. The quantitative estimate of drug-likeness (QED) is 0.895. The van der Waals surface area contributed by atoms with Gasteiger partial charge in [0.15, 0.2) is 5.82 Å². The van der Waals surface area contributed by atoms with E-state index in [2.05, 4.69) is 15.3 Å². The highest BCUT2D eigenvalue weighted by Gasteiger charge is 2.31. The van der Waals surface area contributed by atoms with Crippen LogP contribution in [0.25, 0.3) is 11.0 Å². The number of pyridine rings is 1. The van der Waals surface area contributed by atoms with Gasteiger partial charge in [0.25, 0.3) is 0 Å². The number of carboxylic acid groups (broad SMARTS) is 1. The summed E-state index contributed by atoms with van der Waals surface area (Å²) >= 11 is 0. The molecule has 0 spiro atoms. The number of rotatable bonds is 3. The summed E-state index contributed by atoms with van der Waals surface area (Å²) in [6.45, 7) is 0. The molecular weight excluding hydrogens is 256 g/mol. The van der Waals surface area contributed by atoms with Crippen LogP contribution < -0.4 is 5.32 Å². The van der Waals surface area contributed by atoms with Gasteiger partial charge in [-0.1, -0.05) is 12.8 Å². The molecule has 1 aliphatic rings. The van der Waals surface area contributed by atoms with E-state index in [1.807, 2.05) is 17.7 Å². The van der Waals surface area contributed by atoms with E-state index in [-0.39, 0.29) is 12.0 Å². The fourth-order valence-electron chi connectivity index (χ4n) is 2.94. The Hall–Kier alpha value is -2.11. The Morgan fingerprint density at radius 1 is 1.40 bits per heavy atom. The van der Waals surface area contributed by atoms with Crippen molar-refractivity contribution in [2.75, 3.05) is 5.32 Å². The summed E-state index contributed by atoms with van der Waals surface area (Å²) in [7, 11) is 1.93. The van der Waals surface area contributed by atoms with Crippen LogP contribution in [0, 0.1) is 5.92 Å². The molecule has 0 aromatic carbocycles. The molecule has 1 aliphatic carbocycles. The molecule has 6 nitrogen and oxygen atoms in total. The molecule has 106 valence electrons. The molecule has 2 unspecified atom stereocenters. The van der Waals surface area contributed by atoms with E-state index < -0.39 is 5.97 Å². The van der Waals surface area contributed by atoms with E-state index >= 15 is 0 Å². The molecule has 0 aliphatic heterocycles. The number of fused-ring (bicyclic) bond motifs is 1. The standard InChI is InChI=1S/C14H18N4O2/c1-18-8-16-12-11(18)6-7-15-13(12)17-10-5-3-2-4-9(10)14(19)20/h6-10H,2-5H2,1H3,(H,15,17)(H,19,20). The van der Waals surface area contributed by atoms with Crippen LogP contribution in [-0.4, -0.2) is 31.7 Å². The van der Waals surface area contributed by atoms with Gasteiger partial charge in [0.05, 0.1) is 17.8 Å². The van der Waals surface area contributed by atoms with E-state index in [1.54, 1.807) is 12.5 Å². The molecule has 2 aromatic rings. The van der Waals surface area contributed by atoms with Gasteiger partial charge in [0.2, 0.25) is 0 Å². The lowest BCUT2D eigenvalue weighted by molar-refractivity contribution is -0.143. The molecule has 3 rings (SSSR count). The monoisotopic (exact) mass is 274 g/mol. The van der Waals surface area contributed by atoms with Crippen LogP contribution in [0.1, 0.15) is 25.7 Å². The Kier molecular flexibility index (Phi) is 3.30. The Labute approximate surface area is 116 Å². The highest BCUT2D eigenvalue weighted by atomic mass is 16.4. The Bertz CT molecular complexity index is 637. The van der Waals surface area contributed by atoms with Crippen LogP contribution in [0.4, 0.5) is 5.82 Å². The number of anilines is 1. The van der Waals surface area contributed by atoms with E-state index in [0.717, 1.165) is 36.7 Å². The number of carbonyl (C=O) groups is 1. The average Bonchev–Trinajstić information content (AvgIpc) is 2.82. The number of hydrogen-bond donors (Lipinski definition) is 2. The fraction of sp³-hybridized carbons (Fsp3) is 0.500. The van der Waals surface area contributed by atoms with Crippen molar-refractivity contribution in [1.82, 2.24) is 14.5 Å². The maximum Gasteiger partial charge on any atom is 0.308 e. The number of imidazole rings is 1. The Balaban J connectivity index is 1.90. The largest absolute Gasteiger partial charge is 0.481 e. The zero-order valence-electron chi connectivity index (χ0n) is 11.4. The predicted octanol–water partition coefficient (Wildman–Crippen LogP) is 2.02. The lowest BCUT2D eigenvalue weighted by Crippen LogP contribution is -2.37. The van der Waals surface area contributed by atoms with Gasteiger partial charge in [-0.2, -0.15) is 0 Å². The second kappa shape index (κ2) is 5.11. The van der Waals surface area contributed by atoms with Crippen molar-refractivity contribution in [3.8, 4) is 0 Å². The number of carboxylic acids is 1. The summed E-state index contributed by atoms with van der Waals surface area (Å²) in [6, 6.07) is 1.84. The molecule has 6 heteroatoms. The molecule has 0 amide bonds. The van der Waals surface area contributed by atoms with Crippen molar-refractivity contribution in [3.63, 3.8) is 0 Å². The lowest BCUT2D eigenvalue weighted by Gasteiger charge is -2.29. The van der Waals surface area contributed by atoms with Gasteiger partial charge in [0, 0.05) is 19.3 Å². The molecule has 2 N–H and O–H groups in total. The van der Waals surface area contributed by atoms with Crippen LogP contribution in [0.15, 0.2) is 18.6 Å². The SMILES string of the molecule is Cn1cnc2c(NC3CCCCC3C(=O)O)nccc21. The molecule has 0 saturated heterocycles. The number of hydrogen-bond acceptors (Lipinski definition) is 4. The normalized spacial score (nSPS) is 22.9. The fourth-order valence-corrected chi connectivity index (χ4v) is 2.94. The van der Waals surface area contributed by atoms with Crippen molar-refractivity contribution in [3.05, 3.63) is 18.6 Å². The van der Waals surface area contributed by atoms with Crippen molar-refractivity contribution in [1.29, 1.82) is 0 Å². The third-order valence-corrected chi connectivity index (χ3v) is 4.05. The first-order chi connectivity index (χ1) is 9.66. The summed E-state index contributed by atoms with van der Waals surface area (Å²) in [5.74, 6) is -0.388. The molecule has 1 fully saturated rings. The van der Waals surface area contributed by atoms with Crippen LogP contribution in [-0.2, 0) is 11.8 Å². The van der Waals surface area contributed by atoms with Crippen LogP contribution in [0.2, 0.25) is 0 Å². The smallest absolute Gasteiger partial charge is 0.308 e. The lowest BCUT2D eigenvalue weighted by atomic mass is 9.84. The van der Waals surface area contributed by atoms with Crippen LogP contribution >= 0.6 is 0 Å². The first-order valence-corrected chi connectivity index (χ1v) is 6.92. The summed E-state index contributed by atoms with van der Waals surface area (Å²) < 4.78 is 1.93. The minimum atomic E-state index is -0.726. The highest BCUT2D eigenvalue weighted by molar-refractivity contribution is 5.86. The molecule has 20 heavy (non-hydrogen) atoms. The summed E-state index contributed by atoms with van der Waals surface area (Å²) in [5, 5.41) is 12.6. The number of nitrogens with zero attached hydrogens (tertiary/aromatic N) is 3. The summed E-state index contributed by atoms with van der Waals surface area (Å²) in [6.07, 6.45) is 7.10. The van der Waals surface area contributed by atoms with Crippen molar-refractivity contribution >= 4 is 22.8 Å². The average molecular weight is 274 g/mol. The van der Waals surface area contributed by atoms with E-state index in [9.17, 15) is 9.90 Å². The second-order valence-corrected chi connectivity index (χ2v) is 5.36. The first kappa shape index (κ1) is 12.9. The van der Waals surface area contributed by atoms with E-state index in [4.69, 9.17) is 0 Å². The van der Waals surface area contributed by atoms with Gasteiger partial charge >= 0.3 is 5.97 Å². The van der Waals surface area contributed by atoms with Crippen LogP contribution in [0.3, 0.4) is 0 Å². The van der Waals surface area contributed by atoms with Crippen molar-refractivity contribution in [2.45, 2.75) is 31.7 Å². The van der Waals surface area contributed by atoms with Gasteiger partial charge < -0.3 is 15.0 Å². The molecule has 1 saturated carbocycles. The zero-order valence-corrected chi connectivity index (χ0v) is 11.4. The van der Waals surface area contributed by atoms with Gasteiger partial charge in [0.1, 0.15) is 5.52 Å². The predicted molar refractivity (Wildman–Crippen MR) is 75.5 cm³/mol. The Morgan fingerprint density at radius 3 is 3.00 bits per heavy atom. The van der Waals surface area contributed by atoms with E-state index in [1.165, 1.54) is 0 Å². The Morgan fingerprint density at radius 2 is 2.20 bits per heavy atom. The van der Waals surface area contributed by atoms with Gasteiger partial charge in [-0.25, -0.2) is 9.97 Å². The molecule has 0 radical (unpaired) electrons. The maximum absolute atomic E-state index is 11.3. The highest BCUT2D eigenvalue weighted by Crippen LogP contribution is 2.29. The molecule has 2 heterocycles. The van der Waals surface area contributed by atoms with Gasteiger partial charge in [-0.05, 0) is 18.9 Å². The van der Waals surface area contributed by atoms with E-state index in [0.29, 0.717) is 5.82 Å². The number of aromatic nitrogens is 3. The summed E-state index contributed by atoms with van der Waals surface area (Å²) in [5.41, 5.74) is 1.79. The second-order valence-electron chi connectivity index (χ2n) is 5.36. The third kappa shape index (κ3) is 2.21. The molecule has 0 bridgehead atoms. The van der Waals surface area contributed by atoms with Crippen molar-refractivity contribution in [2.24, 2.45) is 13.0 Å².